The smallest absolute Gasteiger partial charge is 0.144 e. The summed E-state index contributed by atoms with van der Waals surface area (Å²) in [6.45, 7) is 5.71. The van der Waals surface area contributed by atoms with Crippen LogP contribution in [0.25, 0.3) is 22.2 Å². The molecule has 3 rings (SSSR count). The Hall–Kier alpha value is -2.24. The molecule has 2 aromatic heterocycles. The first-order chi connectivity index (χ1) is 11.4. The van der Waals surface area contributed by atoms with E-state index in [0.717, 1.165) is 27.7 Å². The minimum absolute atomic E-state index is 0.394. The summed E-state index contributed by atoms with van der Waals surface area (Å²) in [4.78, 5) is 8.93. The van der Waals surface area contributed by atoms with Crippen LogP contribution in [-0.2, 0) is 11.4 Å². The average molecular weight is 337 g/mol. The summed E-state index contributed by atoms with van der Waals surface area (Å²) in [7, 11) is 0. The third-order valence-electron chi connectivity index (χ3n) is 3.50. The van der Waals surface area contributed by atoms with Gasteiger partial charge in [-0.3, -0.25) is 4.98 Å². The van der Waals surface area contributed by atoms with E-state index in [-0.39, 0.29) is 0 Å². The number of hydrogen-bond donors (Lipinski definition) is 0. The van der Waals surface area contributed by atoms with Crippen molar-refractivity contribution in [2.45, 2.75) is 25.5 Å². The first-order valence-corrected chi connectivity index (χ1v) is 8.82. The standard InChI is InChI=1S/C19H19N3OS/c1-19(2,3)24(23)21-13-16-11-14-7-4-5-9-17(14)22-18(16)15-8-6-10-20-12-15/h4-13H,1-3H3. The highest BCUT2D eigenvalue weighted by molar-refractivity contribution is 7.91. The molecule has 3 aromatic rings. The minimum Gasteiger partial charge on any atom is -0.591 e. The van der Waals surface area contributed by atoms with Gasteiger partial charge in [0.1, 0.15) is 16.1 Å². The highest BCUT2D eigenvalue weighted by Gasteiger charge is 2.26. The SMILES string of the molecule is CC(C)(C)[S+]([O-])N=Cc1cc2ccccc2nc1-c1cccnc1. The Morgan fingerprint density at radius 1 is 1.12 bits per heavy atom. The summed E-state index contributed by atoms with van der Waals surface area (Å²) in [5.41, 5.74) is 3.44. The van der Waals surface area contributed by atoms with Gasteiger partial charge >= 0.3 is 0 Å². The van der Waals surface area contributed by atoms with E-state index >= 15 is 0 Å². The van der Waals surface area contributed by atoms with Gasteiger partial charge in [0.25, 0.3) is 0 Å². The number of nitrogens with zero attached hydrogens (tertiary/aromatic N) is 3. The van der Waals surface area contributed by atoms with Crippen molar-refractivity contribution >= 4 is 28.5 Å². The van der Waals surface area contributed by atoms with Crippen LogP contribution in [0.2, 0.25) is 0 Å². The molecule has 1 unspecified atom stereocenters. The van der Waals surface area contributed by atoms with E-state index in [0.29, 0.717) is 0 Å². The van der Waals surface area contributed by atoms with Crippen LogP contribution in [0.5, 0.6) is 0 Å². The molecular weight excluding hydrogens is 318 g/mol. The van der Waals surface area contributed by atoms with Gasteiger partial charge in [0.05, 0.1) is 17.4 Å². The maximum absolute atomic E-state index is 12.2. The number of pyridine rings is 2. The van der Waals surface area contributed by atoms with Crippen molar-refractivity contribution < 1.29 is 4.55 Å². The van der Waals surface area contributed by atoms with Crippen LogP contribution in [0.1, 0.15) is 26.3 Å². The quantitative estimate of drug-likeness (QED) is 0.532. The molecule has 0 fully saturated rings. The lowest BCUT2D eigenvalue weighted by atomic mass is 10.1. The van der Waals surface area contributed by atoms with E-state index in [1.807, 2.05) is 63.2 Å². The van der Waals surface area contributed by atoms with Gasteiger partial charge in [-0.05, 0) is 45.0 Å². The van der Waals surface area contributed by atoms with Gasteiger partial charge in [0, 0.05) is 28.9 Å². The average Bonchev–Trinajstić information content (AvgIpc) is 2.58. The zero-order valence-corrected chi connectivity index (χ0v) is 14.7. The number of fused-ring (bicyclic) bond motifs is 1. The van der Waals surface area contributed by atoms with Gasteiger partial charge in [-0.25, -0.2) is 4.98 Å². The van der Waals surface area contributed by atoms with E-state index in [1.54, 1.807) is 18.6 Å². The lowest BCUT2D eigenvalue weighted by Crippen LogP contribution is -2.25. The second-order valence-corrected chi connectivity index (χ2v) is 8.39. The maximum Gasteiger partial charge on any atom is 0.144 e. The van der Waals surface area contributed by atoms with Crippen molar-refractivity contribution in [3.63, 3.8) is 0 Å². The van der Waals surface area contributed by atoms with Crippen LogP contribution in [0, 0.1) is 0 Å². The Morgan fingerprint density at radius 3 is 2.62 bits per heavy atom. The summed E-state index contributed by atoms with van der Waals surface area (Å²) in [5.74, 6) is 0. The normalized spacial score (nSPS) is 13.5. The predicted octanol–water partition coefficient (Wildman–Crippen LogP) is 4.18. The molecule has 0 aliphatic rings. The molecule has 0 radical (unpaired) electrons. The van der Waals surface area contributed by atoms with E-state index in [9.17, 15) is 4.55 Å². The van der Waals surface area contributed by atoms with E-state index < -0.39 is 16.1 Å². The van der Waals surface area contributed by atoms with E-state index in [4.69, 9.17) is 4.98 Å². The lowest BCUT2D eigenvalue weighted by molar-refractivity contribution is 0.562. The summed E-state index contributed by atoms with van der Waals surface area (Å²) < 4.78 is 16.1. The number of benzene rings is 1. The molecule has 1 aromatic carbocycles. The van der Waals surface area contributed by atoms with Crippen molar-refractivity contribution in [1.29, 1.82) is 0 Å². The van der Waals surface area contributed by atoms with Crippen molar-refractivity contribution in [3.8, 4) is 11.3 Å². The van der Waals surface area contributed by atoms with E-state index in [2.05, 4.69) is 9.38 Å². The third-order valence-corrected chi connectivity index (χ3v) is 4.84. The number of rotatable bonds is 3. The molecule has 4 nitrogen and oxygen atoms in total. The first-order valence-electron chi connectivity index (χ1n) is 7.71. The van der Waals surface area contributed by atoms with Crippen LogP contribution in [0.3, 0.4) is 0 Å². The monoisotopic (exact) mass is 337 g/mol. The molecule has 0 amide bonds. The Bertz CT molecular complexity index is 873. The highest BCUT2D eigenvalue weighted by atomic mass is 32.2. The molecule has 0 N–H and O–H groups in total. The Labute approximate surface area is 145 Å². The number of hydrogen-bond acceptors (Lipinski definition) is 4. The van der Waals surface area contributed by atoms with Gasteiger partial charge in [0.15, 0.2) is 0 Å². The molecule has 24 heavy (non-hydrogen) atoms. The van der Waals surface area contributed by atoms with Crippen LogP contribution < -0.4 is 0 Å². The predicted molar refractivity (Wildman–Crippen MR) is 100 cm³/mol. The summed E-state index contributed by atoms with van der Waals surface area (Å²) >= 11 is -1.31. The van der Waals surface area contributed by atoms with Crippen molar-refractivity contribution in [3.05, 3.63) is 60.4 Å². The van der Waals surface area contributed by atoms with Gasteiger partial charge < -0.3 is 4.55 Å². The molecule has 0 saturated carbocycles. The summed E-state index contributed by atoms with van der Waals surface area (Å²) in [5, 5.41) is 1.02. The topological polar surface area (TPSA) is 61.2 Å². The molecule has 0 saturated heterocycles. The first kappa shape index (κ1) is 16.6. The molecule has 5 heteroatoms. The van der Waals surface area contributed by atoms with Gasteiger partial charge in [-0.2, -0.15) is 0 Å². The van der Waals surface area contributed by atoms with Crippen molar-refractivity contribution in [2.24, 2.45) is 4.40 Å². The van der Waals surface area contributed by atoms with E-state index in [1.165, 1.54) is 0 Å². The van der Waals surface area contributed by atoms with Crippen LogP contribution in [-0.4, -0.2) is 25.5 Å². The second-order valence-electron chi connectivity index (χ2n) is 6.46. The molecule has 0 bridgehead atoms. The van der Waals surface area contributed by atoms with Gasteiger partial charge in [-0.15, -0.1) is 0 Å². The molecule has 0 aliphatic carbocycles. The largest absolute Gasteiger partial charge is 0.591 e. The van der Waals surface area contributed by atoms with Gasteiger partial charge in [-0.1, -0.05) is 22.6 Å². The fourth-order valence-corrected chi connectivity index (χ4v) is 2.75. The fourth-order valence-electron chi connectivity index (χ4n) is 2.23. The van der Waals surface area contributed by atoms with Crippen LogP contribution in [0.15, 0.2) is 59.3 Å². The Balaban J connectivity index is 2.12. The summed E-state index contributed by atoms with van der Waals surface area (Å²) in [6.07, 6.45) is 5.16. The third kappa shape index (κ3) is 3.63. The lowest BCUT2D eigenvalue weighted by Gasteiger charge is -2.17. The molecule has 122 valence electrons. The summed E-state index contributed by atoms with van der Waals surface area (Å²) in [6, 6.07) is 13.8. The minimum atomic E-state index is -1.31. The van der Waals surface area contributed by atoms with Crippen LogP contribution in [0.4, 0.5) is 0 Å². The molecular formula is C19H19N3OS. The number of para-hydroxylation sites is 1. The zero-order chi connectivity index (χ0) is 17.2. The van der Waals surface area contributed by atoms with Crippen molar-refractivity contribution in [2.75, 3.05) is 0 Å². The van der Waals surface area contributed by atoms with Crippen LogP contribution >= 0.6 is 0 Å². The molecule has 0 aliphatic heterocycles. The molecule has 1 atom stereocenters. The Kier molecular flexibility index (Phi) is 4.64. The van der Waals surface area contributed by atoms with Gasteiger partial charge in [0.2, 0.25) is 0 Å². The number of aromatic nitrogens is 2. The second kappa shape index (κ2) is 6.71. The zero-order valence-electron chi connectivity index (χ0n) is 13.9. The Morgan fingerprint density at radius 2 is 1.92 bits per heavy atom. The molecule has 2 heterocycles. The fraction of sp³-hybridized carbons (Fsp3) is 0.211. The highest BCUT2D eigenvalue weighted by Crippen LogP contribution is 2.25. The molecule has 0 spiro atoms. The van der Waals surface area contributed by atoms with Crippen molar-refractivity contribution in [1.82, 2.24) is 9.97 Å². The maximum atomic E-state index is 12.2.